The number of halogens is 6. The molecule has 2 rings (SSSR count). The summed E-state index contributed by atoms with van der Waals surface area (Å²) < 4.78 is 102. The van der Waals surface area contributed by atoms with Gasteiger partial charge in [-0.25, -0.2) is 20.1 Å². The lowest BCUT2D eigenvalue weighted by Crippen LogP contribution is -2.25. The highest BCUT2D eigenvalue weighted by Gasteiger charge is 2.39. The number of alkyl halides is 6. The standard InChI is InChI=1S/C18H25F6N6O6P/c1-3-4-5-6-34-28-16(31)14-13-15(26-10-25-14)30(29-27-13)7-12(2)33-11-37(32,35-8-17(19,20)21)36-9-18(22,23)24/h10,12H,3-9,11H2,1-2H3,(H,28,31)/t12-/m1/s1. The molecule has 37 heavy (non-hydrogen) atoms. The number of aromatic nitrogens is 5. The first-order valence-corrected chi connectivity index (χ1v) is 12.6. The van der Waals surface area contributed by atoms with Crippen molar-refractivity contribution in [2.45, 2.75) is 58.1 Å². The Morgan fingerprint density at radius 1 is 1.11 bits per heavy atom. The van der Waals surface area contributed by atoms with Crippen LogP contribution < -0.4 is 5.48 Å². The Bertz CT molecular complexity index is 1050. The average Bonchev–Trinajstić information content (AvgIpc) is 3.22. The van der Waals surface area contributed by atoms with E-state index in [0.29, 0.717) is 6.61 Å². The SMILES string of the molecule is CCCCCONC(=O)c1ncnc2c1nnn2C[C@@H](C)OCP(=O)(OCC(F)(F)F)OCC(F)(F)F. The van der Waals surface area contributed by atoms with E-state index in [9.17, 15) is 35.7 Å². The molecule has 1 atom stereocenters. The third-order valence-corrected chi connectivity index (χ3v) is 5.84. The molecular weight excluding hydrogens is 541 g/mol. The van der Waals surface area contributed by atoms with Gasteiger partial charge in [-0.05, 0) is 13.3 Å². The Labute approximate surface area is 206 Å². The van der Waals surface area contributed by atoms with E-state index in [1.807, 2.05) is 6.92 Å². The Kier molecular flexibility index (Phi) is 11.2. The summed E-state index contributed by atoms with van der Waals surface area (Å²) >= 11 is 0. The largest absolute Gasteiger partial charge is 0.412 e. The fourth-order valence-corrected chi connectivity index (χ4v) is 3.99. The van der Waals surface area contributed by atoms with Crippen LogP contribution in [0.4, 0.5) is 26.3 Å². The van der Waals surface area contributed by atoms with E-state index in [4.69, 9.17) is 9.57 Å². The topological polar surface area (TPSA) is 140 Å². The number of hydrogen-bond donors (Lipinski definition) is 1. The first-order chi connectivity index (χ1) is 17.2. The number of ether oxygens (including phenoxy) is 1. The van der Waals surface area contributed by atoms with E-state index in [-0.39, 0.29) is 23.4 Å². The lowest BCUT2D eigenvalue weighted by atomic mass is 10.3. The summed E-state index contributed by atoms with van der Waals surface area (Å²) in [6, 6.07) is 0. The second-order valence-electron chi connectivity index (χ2n) is 7.65. The van der Waals surface area contributed by atoms with Gasteiger partial charge >= 0.3 is 19.9 Å². The molecule has 2 heterocycles. The zero-order chi connectivity index (χ0) is 27.7. The minimum absolute atomic E-state index is 0.00273. The number of rotatable bonds is 15. The van der Waals surface area contributed by atoms with Crippen LogP contribution in [0, 0.1) is 0 Å². The van der Waals surface area contributed by atoms with Gasteiger partial charge in [-0.15, -0.1) is 5.10 Å². The highest BCUT2D eigenvalue weighted by Crippen LogP contribution is 2.50. The first kappa shape index (κ1) is 30.8. The van der Waals surface area contributed by atoms with E-state index in [0.717, 1.165) is 30.3 Å². The first-order valence-electron chi connectivity index (χ1n) is 10.8. The molecule has 0 saturated carbocycles. The summed E-state index contributed by atoms with van der Waals surface area (Å²) in [5, 5.41) is 7.65. The van der Waals surface area contributed by atoms with Gasteiger partial charge in [0.05, 0.1) is 19.3 Å². The zero-order valence-corrected chi connectivity index (χ0v) is 20.6. The quantitative estimate of drug-likeness (QED) is 0.147. The molecule has 1 N–H and O–H groups in total. The van der Waals surface area contributed by atoms with Crippen molar-refractivity contribution in [1.82, 2.24) is 30.4 Å². The van der Waals surface area contributed by atoms with Crippen molar-refractivity contribution in [1.29, 1.82) is 0 Å². The normalized spacial score (nSPS) is 13.7. The molecule has 0 aliphatic rings. The van der Waals surface area contributed by atoms with E-state index >= 15 is 0 Å². The van der Waals surface area contributed by atoms with Crippen LogP contribution in [0.3, 0.4) is 0 Å². The van der Waals surface area contributed by atoms with Gasteiger partial charge in [-0.1, -0.05) is 25.0 Å². The monoisotopic (exact) mass is 566 g/mol. The van der Waals surface area contributed by atoms with Crippen molar-refractivity contribution in [3.63, 3.8) is 0 Å². The highest BCUT2D eigenvalue weighted by atomic mass is 31.2. The molecule has 0 fully saturated rings. The van der Waals surface area contributed by atoms with E-state index in [1.54, 1.807) is 0 Å². The maximum atomic E-state index is 12.4. The zero-order valence-electron chi connectivity index (χ0n) is 19.7. The number of carbonyl (C=O) groups excluding carboxylic acids is 1. The number of amides is 1. The van der Waals surface area contributed by atoms with Gasteiger partial charge in [0.15, 0.2) is 30.1 Å². The van der Waals surface area contributed by atoms with E-state index in [2.05, 4.69) is 34.8 Å². The Balaban J connectivity index is 2.03. The number of hydroxylamine groups is 1. The predicted octanol–water partition coefficient (Wildman–Crippen LogP) is 3.79. The second kappa shape index (κ2) is 13.4. The summed E-state index contributed by atoms with van der Waals surface area (Å²) in [4.78, 5) is 25.3. The number of hydrogen-bond acceptors (Lipinski definition) is 10. The number of carbonyl (C=O) groups is 1. The van der Waals surface area contributed by atoms with Gasteiger partial charge in [0.2, 0.25) is 0 Å². The second-order valence-corrected chi connectivity index (χ2v) is 9.64. The number of fused-ring (bicyclic) bond motifs is 1. The minimum Gasteiger partial charge on any atom is -0.364 e. The fraction of sp³-hybridized carbons (Fsp3) is 0.722. The Morgan fingerprint density at radius 2 is 1.76 bits per heavy atom. The van der Waals surface area contributed by atoms with E-state index in [1.165, 1.54) is 6.92 Å². The van der Waals surface area contributed by atoms with Crippen molar-refractivity contribution in [3.8, 4) is 0 Å². The van der Waals surface area contributed by atoms with Gasteiger partial charge in [0.25, 0.3) is 5.91 Å². The molecule has 210 valence electrons. The lowest BCUT2D eigenvalue weighted by molar-refractivity contribution is -0.166. The maximum absolute atomic E-state index is 12.4. The third kappa shape index (κ3) is 10.9. The molecule has 0 aliphatic carbocycles. The van der Waals surface area contributed by atoms with E-state index < -0.39 is 51.5 Å². The van der Waals surface area contributed by atoms with Gasteiger partial charge in [0.1, 0.15) is 12.7 Å². The predicted molar refractivity (Wildman–Crippen MR) is 113 cm³/mol. The van der Waals surface area contributed by atoms with Crippen molar-refractivity contribution in [3.05, 3.63) is 12.0 Å². The molecule has 0 aliphatic heterocycles. The molecular formula is C18H25F6N6O6P. The number of unbranched alkanes of at least 4 members (excludes halogenated alkanes) is 2. The van der Waals surface area contributed by atoms with Crippen LogP contribution in [0.1, 0.15) is 43.6 Å². The van der Waals surface area contributed by atoms with Crippen molar-refractivity contribution < 1.29 is 54.3 Å². The smallest absolute Gasteiger partial charge is 0.364 e. The van der Waals surface area contributed by atoms with Crippen molar-refractivity contribution in [2.75, 3.05) is 26.2 Å². The lowest BCUT2D eigenvalue weighted by Gasteiger charge is -2.22. The summed E-state index contributed by atoms with van der Waals surface area (Å²) in [5.41, 5.74) is 2.16. The summed E-state index contributed by atoms with van der Waals surface area (Å²) in [5.74, 6) is -0.704. The van der Waals surface area contributed by atoms with Gasteiger partial charge < -0.3 is 4.74 Å². The molecule has 0 radical (unpaired) electrons. The number of nitrogens with zero attached hydrogens (tertiary/aromatic N) is 5. The molecule has 0 bridgehead atoms. The molecule has 12 nitrogen and oxygen atoms in total. The fourth-order valence-electron chi connectivity index (χ4n) is 2.64. The summed E-state index contributed by atoms with van der Waals surface area (Å²) in [6.45, 7) is -0.730. The average molecular weight is 566 g/mol. The molecule has 2 aromatic heterocycles. The van der Waals surface area contributed by atoms with Crippen LogP contribution in [0.15, 0.2) is 6.33 Å². The minimum atomic E-state index is -4.97. The molecule has 0 aromatic carbocycles. The number of nitrogens with one attached hydrogen (secondary N) is 1. The van der Waals surface area contributed by atoms with Crippen LogP contribution >= 0.6 is 7.60 Å². The van der Waals surface area contributed by atoms with Crippen LogP contribution in [-0.2, 0) is 29.7 Å². The molecule has 2 aromatic rings. The molecule has 0 spiro atoms. The van der Waals surface area contributed by atoms with Crippen LogP contribution in [0.2, 0.25) is 0 Å². The van der Waals surface area contributed by atoms with Gasteiger partial charge in [-0.3, -0.25) is 23.2 Å². The van der Waals surface area contributed by atoms with Crippen LogP contribution in [-0.4, -0.2) is 75.5 Å². The van der Waals surface area contributed by atoms with Crippen LogP contribution in [0.25, 0.3) is 11.2 Å². The Hall–Kier alpha value is -2.40. The molecule has 19 heteroatoms. The highest BCUT2D eigenvalue weighted by molar-refractivity contribution is 7.53. The van der Waals surface area contributed by atoms with Gasteiger partial charge in [-0.2, -0.15) is 26.3 Å². The summed E-state index contributed by atoms with van der Waals surface area (Å²) in [7, 11) is -4.94. The molecule has 1 amide bonds. The van der Waals surface area contributed by atoms with Crippen LogP contribution in [0.5, 0.6) is 0 Å². The maximum Gasteiger partial charge on any atom is 0.412 e. The summed E-state index contributed by atoms with van der Waals surface area (Å²) in [6.07, 6.45) is -8.45. The molecule has 0 unspecified atom stereocenters. The van der Waals surface area contributed by atoms with Crippen molar-refractivity contribution >= 4 is 24.7 Å². The molecule has 0 saturated heterocycles. The van der Waals surface area contributed by atoms with Gasteiger partial charge in [0, 0.05) is 0 Å². The Morgan fingerprint density at radius 3 is 2.35 bits per heavy atom. The van der Waals surface area contributed by atoms with Crippen molar-refractivity contribution in [2.24, 2.45) is 0 Å². The third-order valence-electron chi connectivity index (χ3n) is 4.33.